The van der Waals surface area contributed by atoms with Gasteiger partial charge in [0, 0.05) is 41.6 Å². The zero-order valence-corrected chi connectivity index (χ0v) is 15.3. The van der Waals surface area contributed by atoms with Crippen molar-refractivity contribution in [2.24, 2.45) is 0 Å². The largest absolute Gasteiger partial charge is 0.274 e. The minimum Gasteiger partial charge on any atom is -0.274 e. The Morgan fingerprint density at radius 3 is 2.00 bits per heavy atom. The molecule has 3 aromatic rings. The lowest BCUT2D eigenvalue weighted by Gasteiger charge is -2.27. The molecular weight excluding hydrogens is 336 g/mol. The molecule has 2 aromatic carbocycles. The number of rotatable bonds is 7. The molecule has 0 unspecified atom stereocenters. The van der Waals surface area contributed by atoms with Crippen molar-refractivity contribution in [2.75, 3.05) is 6.54 Å². The topological polar surface area (TPSA) is 41.3 Å². The SMILES string of the molecule is O=C1c2cccc3cccc(c23)C(=O)N1CCCCCC[n+]1ccccc1. The summed E-state index contributed by atoms with van der Waals surface area (Å²) in [6.07, 6.45) is 8.18. The molecule has 1 aromatic heterocycles. The second kappa shape index (κ2) is 7.70. The Bertz CT molecular complexity index is 931. The summed E-state index contributed by atoms with van der Waals surface area (Å²) in [6.45, 7) is 1.48. The maximum atomic E-state index is 12.8. The molecule has 1 aliphatic heterocycles. The lowest BCUT2D eigenvalue weighted by Crippen LogP contribution is -2.40. The summed E-state index contributed by atoms with van der Waals surface area (Å²) in [6, 6.07) is 17.4. The average molecular weight is 359 g/mol. The van der Waals surface area contributed by atoms with Crippen molar-refractivity contribution in [3.63, 3.8) is 0 Å². The monoisotopic (exact) mass is 359 g/mol. The minimum absolute atomic E-state index is 0.163. The number of imide groups is 1. The fourth-order valence-corrected chi connectivity index (χ4v) is 3.78. The van der Waals surface area contributed by atoms with E-state index in [9.17, 15) is 9.59 Å². The summed E-state index contributed by atoms with van der Waals surface area (Å²) >= 11 is 0. The van der Waals surface area contributed by atoms with E-state index in [2.05, 4.69) is 17.0 Å². The van der Waals surface area contributed by atoms with Crippen molar-refractivity contribution in [2.45, 2.75) is 32.2 Å². The average Bonchev–Trinajstić information content (AvgIpc) is 2.71. The van der Waals surface area contributed by atoms with E-state index in [-0.39, 0.29) is 11.8 Å². The molecule has 1 aliphatic rings. The maximum Gasteiger partial charge on any atom is 0.261 e. The molecule has 2 amide bonds. The van der Waals surface area contributed by atoms with Crippen molar-refractivity contribution in [1.29, 1.82) is 0 Å². The van der Waals surface area contributed by atoms with E-state index in [0.29, 0.717) is 17.7 Å². The van der Waals surface area contributed by atoms with Gasteiger partial charge in [0.15, 0.2) is 12.4 Å². The third-order valence-corrected chi connectivity index (χ3v) is 5.18. The fraction of sp³-hybridized carbons (Fsp3) is 0.261. The number of benzene rings is 2. The first-order chi connectivity index (χ1) is 13.3. The maximum absolute atomic E-state index is 12.8. The van der Waals surface area contributed by atoms with E-state index >= 15 is 0 Å². The normalized spacial score (nSPS) is 13.4. The molecule has 0 spiro atoms. The van der Waals surface area contributed by atoms with Gasteiger partial charge in [-0.1, -0.05) is 36.8 Å². The van der Waals surface area contributed by atoms with E-state index < -0.39 is 0 Å². The van der Waals surface area contributed by atoms with Gasteiger partial charge in [0.1, 0.15) is 6.54 Å². The van der Waals surface area contributed by atoms with Crippen LogP contribution in [-0.2, 0) is 6.54 Å². The van der Waals surface area contributed by atoms with Crippen molar-refractivity contribution in [1.82, 2.24) is 4.90 Å². The standard InChI is InChI=1S/C23H23N2O2/c26-22-19-12-8-10-18-11-9-13-20(21(18)19)23(27)25(22)17-7-2-1-4-14-24-15-5-3-6-16-24/h3,5-6,8-13,15-16H,1-2,4,7,14,17H2/q+1. The molecule has 0 saturated carbocycles. The predicted molar refractivity (Wildman–Crippen MR) is 104 cm³/mol. The van der Waals surface area contributed by atoms with E-state index in [4.69, 9.17) is 0 Å². The number of hydrogen-bond acceptors (Lipinski definition) is 2. The molecule has 4 rings (SSSR count). The van der Waals surface area contributed by atoms with Gasteiger partial charge >= 0.3 is 0 Å². The summed E-state index contributed by atoms with van der Waals surface area (Å²) in [5.41, 5.74) is 1.28. The third-order valence-electron chi connectivity index (χ3n) is 5.18. The number of carbonyl (C=O) groups is 2. The molecule has 0 N–H and O–H groups in total. The molecule has 2 heterocycles. The number of aryl methyl sites for hydroxylation is 1. The first-order valence-corrected chi connectivity index (χ1v) is 9.58. The highest BCUT2D eigenvalue weighted by Gasteiger charge is 2.31. The van der Waals surface area contributed by atoms with Gasteiger partial charge in [-0.15, -0.1) is 0 Å². The highest BCUT2D eigenvalue weighted by Crippen LogP contribution is 2.30. The summed E-state index contributed by atoms with van der Waals surface area (Å²) in [5.74, 6) is -0.326. The first-order valence-electron chi connectivity index (χ1n) is 9.58. The lowest BCUT2D eigenvalue weighted by atomic mass is 9.94. The van der Waals surface area contributed by atoms with Crippen molar-refractivity contribution in [3.05, 3.63) is 78.1 Å². The summed E-state index contributed by atoms with van der Waals surface area (Å²) < 4.78 is 2.18. The highest BCUT2D eigenvalue weighted by atomic mass is 16.2. The van der Waals surface area contributed by atoms with Crippen LogP contribution in [0.4, 0.5) is 0 Å². The Kier molecular flexibility index (Phi) is 4.97. The zero-order chi connectivity index (χ0) is 18.6. The number of carbonyl (C=O) groups excluding carboxylic acids is 2. The molecule has 0 aliphatic carbocycles. The van der Waals surface area contributed by atoms with Crippen LogP contribution < -0.4 is 4.57 Å². The molecule has 0 bridgehead atoms. The minimum atomic E-state index is -0.163. The van der Waals surface area contributed by atoms with Crippen LogP contribution in [0.25, 0.3) is 10.8 Å². The summed E-state index contributed by atoms with van der Waals surface area (Å²) in [5, 5.41) is 1.75. The van der Waals surface area contributed by atoms with Gasteiger partial charge in [0.2, 0.25) is 0 Å². The van der Waals surface area contributed by atoms with Crippen LogP contribution in [0.5, 0.6) is 0 Å². The van der Waals surface area contributed by atoms with Crippen molar-refractivity contribution in [3.8, 4) is 0 Å². The highest BCUT2D eigenvalue weighted by molar-refractivity contribution is 6.25. The van der Waals surface area contributed by atoms with Crippen molar-refractivity contribution >= 4 is 22.6 Å². The Morgan fingerprint density at radius 2 is 1.33 bits per heavy atom. The van der Waals surface area contributed by atoms with Gasteiger partial charge in [0.05, 0.1) is 0 Å². The van der Waals surface area contributed by atoms with Gasteiger partial charge in [-0.2, -0.15) is 0 Å². The van der Waals surface area contributed by atoms with Gasteiger partial charge < -0.3 is 0 Å². The number of nitrogens with zero attached hydrogens (tertiary/aromatic N) is 2. The Morgan fingerprint density at radius 1 is 0.704 bits per heavy atom. The molecule has 0 saturated heterocycles. The van der Waals surface area contributed by atoms with Crippen molar-refractivity contribution < 1.29 is 14.2 Å². The van der Waals surface area contributed by atoms with Crippen LogP contribution in [0, 0.1) is 0 Å². The molecular formula is C23H23N2O2+. The zero-order valence-electron chi connectivity index (χ0n) is 15.3. The van der Waals surface area contributed by atoms with Crippen LogP contribution in [0.1, 0.15) is 46.4 Å². The number of hydrogen-bond donors (Lipinski definition) is 0. The van der Waals surface area contributed by atoms with Gasteiger partial charge in [0.25, 0.3) is 11.8 Å². The second-order valence-corrected chi connectivity index (χ2v) is 7.00. The predicted octanol–water partition coefficient (Wildman–Crippen LogP) is 3.98. The molecule has 27 heavy (non-hydrogen) atoms. The Balaban J connectivity index is 1.35. The number of amides is 2. The van der Waals surface area contributed by atoms with Gasteiger partial charge in [-0.05, 0) is 30.4 Å². The third kappa shape index (κ3) is 3.47. The Labute approximate surface area is 159 Å². The quantitative estimate of drug-likeness (QED) is 0.364. The van der Waals surface area contributed by atoms with E-state index in [1.54, 1.807) is 0 Å². The van der Waals surface area contributed by atoms with Crippen LogP contribution in [0.2, 0.25) is 0 Å². The number of unbranched alkanes of at least 4 members (excludes halogenated alkanes) is 3. The Hall–Kier alpha value is -3.01. The van der Waals surface area contributed by atoms with E-state index in [0.717, 1.165) is 43.0 Å². The van der Waals surface area contributed by atoms with Crippen LogP contribution in [0.3, 0.4) is 0 Å². The lowest BCUT2D eigenvalue weighted by molar-refractivity contribution is -0.697. The number of aromatic nitrogens is 1. The van der Waals surface area contributed by atoms with Crippen LogP contribution in [0.15, 0.2) is 67.0 Å². The van der Waals surface area contributed by atoms with Crippen LogP contribution in [-0.4, -0.2) is 23.3 Å². The number of pyridine rings is 1. The van der Waals surface area contributed by atoms with E-state index in [1.165, 1.54) is 4.90 Å². The van der Waals surface area contributed by atoms with Gasteiger partial charge in [-0.25, -0.2) is 4.57 Å². The smallest absolute Gasteiger partial charge is 0.261 e. The molecule has 4 heteroatoms. The first kappa shape index (κ1) is 17.4. The fourth-order valence-electron chi connectivity index (χ4n) is 3.78. The van der Waals surface area contributed by atoms with Gasteiger partial charge in [-0.3, -0.25) is 14.5 Å². The molecule has 4 nitrogen and oxygen atoms in total. The summed E-state index contributed by atoms with van der Waals surface area (Å²) in [7, 11) is 0. The molecule has 0 atom stereocenters. The van der Waals surface area contributed by atoms with Crippen LogP contribution >= 0.6 is 0 Å². The molecule has 0 radical (unpaired) electrons. The molecule has 136 valence electrons. The van der Waals surface area contributed by atoms with E-state index in [1.807, 2.05) is 54.6 Å². The second-order valence-electron chi connectivity index (χ2n) is 7.00. The summed E-state index contributed by atoms with van der Waals surface area (Å²) in [4.78, 5) is 27.1. The molecule has 0 fully saturated rings.